The molecule has 148 valence electrons. The zero-order valence-corrected chi connectivity index (χ0v) is 21.3. The van der Waals surface area contributed by atoms with E-state index in [0.29, 0.717) is 11.3 Å². The average Bonchev–Trinajstić information content (AvgIpc) is 3.16. The third-order valence-corrected chi connectivity index (χ3v) is 4.60. The maximum atomic E-state index is 3.40. The molecule has 0 saturated heterocycles. The zero-order valence-electron chi connectivity index (χ0n) is 17.3. The predicted molar refractivity (Wildman–Crippen MR) is 113 cm³/mol. The van der Waals surface area contributed by atoms with Gasteiger partial charge in [0.25, 0.3) is 0 Å². The molecule has 0 aliphatic heterocycles. The second-order valence-electron chi connectivity index (χ2n) is 7.71. The number of halogens is 2. The summed E-state index contributed by atoms with van der Waals surface area (Å²) >= 11 is 1.30. The van der Waals surface area contributed by atoms with Gasteiger partial charge < -0.3 is 24.8 Å². The van der Waals surface area contributed by atoms with Crippen molar-refractivity contribution in [1.29, 1.82) is 0 Å². The van der Waals surface area contributed by atoms with Crippen LogP contribution in [0.15, 0.2) is 71.8 Å². The number of hydrogen-bond acceptors (Lipinski definition) is 0. The van der Waals surface area contributed by atoms with Crippen LogP contribution in [0.25, 0.3) is 21.5 Å². The van der Waals surface area contributed by atoms with Gasteiger partial charge in [0.2, 0.25) is 0 Å². The monoisotopic (exact) mass is 488 g/mol. The van der Waals surface area contributed by atoms with Crippen LogP contribution in [0.3, 0.4) is 0 Å². The molecule has 0 fully saturated rings. The second kappa shape index (κ2) is 12.0. The van der Waals surface area contributed by atoms with E-state index < -0.39 is 0 Å². The molecule has 0 heterocycles. The second-order valence-corrected chi connectivity index (χ2v) is 7.71. The number of rotatable bonds is 0. The smallest absolute Gasteiger partial charge is 0.0771 e. The summed E-state index contributed by atoms with van der Waals surface area (Å²) in [7, 11) is 0. The van der Waals surface area contributed by atoms with Crippen LogP contribution in [0, 0.1) is 17.4 Å². The van der Waals surface area contributed by atoms with Crippen LogP contribution in [0.5, 0.6) is 0 Å². The third-order valence-electron chi connectivity index (χ3n) is 4.60. The van der Waals surface area contributed by atoms with Gasteiger partial charge in [0.05, 0.1) is 0 Å². The Balaban J connectivity index is 0.000000455. The van der Waals surface area contributed by atoms with Gasteiger partial charge in [-0.3, -0.25) is 6.08 Å². The normalized spacial score (nSPS) is 15.2. The van der Waals surface area contributed by atoms with Crippen LogP contribution in [-0.4, -0.2) is 4.21 Å². The number of benzene rings is 2. The van der Waals surface area contributed by atoms with E-state index in [1.807, 2.05) is 0 Å². The van der Waals surface area contributed by atoms with Crippen LogP contribution in [0.2, 0.25) is 0 Å². The van der Waals surface area contributed by atoms with Crippen LogP contribution in [-0.2, 0) is 24.2 Å². The Labute approximate surface area is 197 Å². The molecule has 0 spiro atoms. The molecule has 3 aromatic rings. The van der Waals surface area contributed by atoms with Crippen molar-refractivity contribution in [1.82, 2.24) is 0 Å². The van der Waals surface area contributed by atoms with Gasteiger partial charge in [-0.1, -0.05) is 82.3 Å². The van der Waals surface area contributed by atoms with Crippen LogP contribution in [0.1, 0.15) is 34.6 Å². The van der Waals surface area contributed by atoms with Gasteiger partial charge in [-0.05, 0) is 0 Å². The third kappa shape index (κ3) is 6.58. The Bertz CT molecular complexity index is 891. The Morgan fingerprint density at radius 1 is 0.893 bits per heavy atom. The van der Waals surface area contributed by atoms with Crippen molar-refractivity contribution in [3.63, 3.8) is 0 Å². The fourth-order valence-corrected chi connectivity index (χ4v) is 3.55. The summed E-state index contributed by atoms with van der Waals surface area (Å²) in [5.74, 6) is 0.518. The minimum atomic E-state index is 0. The first-order valence-corrected chi connectivity index (χ1v) is 10.8. The summed E-state index contributed by atoms with van der Waals surface area (Å²) in [4.78, 5) is 0. The van der Waals surface area contributed by atoms with Gasteiger partial charge in [0, 0.05) is 0 Å². The van der Waals surface area contributed by atoms with E-state index in [1.54, 1.807) is 0 Å². The minimum absolute atomic E-state index is 0. The van der Waals surface area contributed by atoms with E-state index in [9.17, 15) is 0 Å². The van der Waals surface area contributed by atoms with Crippen molar-refractivity contribution >= 4 is 25.8 Å². The van der Waals surface area contributed by atoms with E-state index >= 15 is 0 Å². The number of allylic oxidation sites excluding steroid dienone is 4. The largest absolute Gasteiger partial charge is 1.00 e. The van der Waals surface area contributed by atoms with E-state index in [0.717, 1.165) is 0 Å². The molecule has 0 aromatic heterocycles. The number of hydrogen-bond donors (Lipinski definition) is 0. The van der Waals surface area contributed by atoms with Gasteiger partial charge in [-0.15, -0.1) is 39.7 Å². The fourth-order valence-electron chi connectivity index (χ4n) is 3.55. The molecule has 3 aromatic carbocycles. The molecule has 1 aliphatic rings. The first-order chi connectivity index (χ1) is 12.4. The summed E-state index contributed by atoms with van der Waals surface area (Å²) in [5, 5.41) is 5.39. The molecule has 1 aliphatic carbocycles. The first-order valence-electron chi connectivity index (χ1n) is 9.07. The average molecular weight is 491 g/mol. The summed E-state index contributed by atoms with van der Waals surface area (Å²) in [6, 6.07) is 19.3. The quantitative estimate of drug-likeness (QED) is 0.414. The van der Waals surface area contributed by atoms with Gasteiger partial charge in [0.15, 0.2) is 0 Å². The first kappa shape index (κ1) is 27.1. The van der Waals surface area contributed by atoms with Crippen molar-refractivity contribution in [2.75, 3.05) is 0 Å². The molecule has 0 nitrogen and oxygen atoms in total. The Hall–Kier alpha value is -0.877. The Kier molecular flexibility index (Phi) is 11.6. The summed E-state index contributed by atoms with van der Waals surface area (Å²) in [6.07, 6.45) is 5.71. The zero-order chi connectivity index (χ0) is 19.3. The molecular weight excluding hydrogens is 462 g/mol. The fraction of sp³-hybridized carbons (Fsp3) is 0.280. The molecule has 0 N–H and O–H groups in total. The Morgan fingerprint density at radius 2 is 1.32 bits per heavy atom. The Morgan fingerprint density at radius 3 is 1.64 bits per heavy atom. The maximum Gasteiger partial charge on any atom is -0.0771 e. The van der Waals surface area contributed by atoms with Crippen molar-refractivity contribution in [2.45, 2.75) is 34.6 Å². The van der Waals surface area contributed by atoms with Gasteiger partial charge in [0.1, 0.15) is 0 Å². The topological polar surface area (TPSA) is 0 Å². The number of fused-ring (bicyclic) bond motifs is 3. The molecule has 4 rings (SSSR count). The maximum absolute atomic E-state index is 3.40. The van der Waals surface area contributed by atoms with E-state index in [-0.39, 0.29) is 24.8 Å². The van der Waals surface area contributed by atoms with E-state index in [4.69, 9.17) is 0 Å². The summed E-state index contributed by atoms with van der Waals surface area (Å²) < 4.78 is 3.34. The molecular formula is C25H28Cl2Zr-2. The van der Waals surface area contributed by atoms with Crippen molar-refractivity contribution < 1.29 is 49.0 Å². The summed E-state index contributed by atoms with van der Waals surface area (Å²) in [6.45, 7) is 11.1. The molecule has 1 atom stereocenters. The molecule has 28 heavy (non-hydrogen) atoms. The summed E-state index contributed by atoms with van der Waals surface area (Å²) in [5.41, 5.74) is 3.09. The molecule has 0 amide bonds. The van der Waals surface area contributed by atoms with Crippen LogP contribution < -0.4 is 24.8 Å². The van der Waals surface area contributed by atoms with Crippen molar-refractivity contribution in [2.24, 2.45) is 11.3 Å². The van der Waals surface area contributed by atoms with Crippen molar-refractivity contribution in [3.8, 4) is 0 Å². The van der Waals surface area contributed by atoms with E-state index in [1.165, 1.54) is 56.9 Å². The van der Waals surface area contributed by atoms with Gasteiger partial charge in [-0.25, -0.2) is 5.57 Å². The van der Waals surface area contributed by atoms with Gasteiger partial charge >= 0.3 is 28.4 Å². The molecule has 0 bridgehead atoms. The minimum Gasteiger partial charge on any atom is -1.00 e. The predicted octanol–water partition coefficient (Wildman–Crippen LogP) is 1.04. The van der Waals surface area contributed by atoms with Gasteiger partial charge in [-0.2, -0.15) is 11.6 Å². The SMILES string of the molecule is CC1=[C-]C(C)C=C1C(C)(C)C.[CH2]=[Zr+2].[Cl-].[Cl-].c1ccc2c(c1)[cH-]c1ccccc12. The molecule has 0 saturated carbocycles. The molecule has 0 radical (unpaired) electrons. The van der Waals surface area contributed by atoms with Crippen LogP contribution in [0.4, 0.5) is 0 Å². The standard InChI is InChI=1S/C13H9.C11H17.CH2.2ClH.Zr/c1-3-7-12-10(5-1)9-11-6-2-4-8-13(11)12;1-8-6-9(2)10(7-8)11(3,4)5;;;;/h1-9H;7-8H,1-5H3;1H2;2*1H;/q2*-1;;;;+2/p-2. The molecule has 1 unspecified atom stereocenters. The van der Waals surface area contributed by atoms with E-state index in [2.05, 4.69) is 106 Å². The molecule has 3 heteroatoms. The van der Waals surface area contributed by atoms with Crippen LogP contribution >= 0.6 is 0 Å². The van der Waals surface area contributed by atoms with Crippen molar-refractivity contribution in [3.05, 3.63) is 77.9 Å².